The Hall–Kier alpha value is -2.06. The second kappa shape index (κ2) is 4.80. The van der Waals surface area contributed by atoms with E-state index >= 15 is 0 Å². The van der Waals surface area contributed by atoms with Crippen molar-refractivity contribution in [2.45, 2.75) is 25.9 Å². The minimum atomic E-state index is -1.08. The number of fused-ring (bicyclic) bond motifs is 1. The van der Waals surface area contributed by atoms with Gasteiger partial charge in [0.15, 0.2) is 0 Å². The summed E-state index contributed by atoms with van der Waals surface area (Å²) >= 11 is 0. The first kappa shape index (κ1) is 12.9. The van der Waals surface area contributed by atoms with Crippen molar-refractivity contribution in [3.05, 3.63) is 71.5 Å². The van der Waals surface area contributed by atoms with Gasteiger partial charge in [-0.3, -0.25) is 0 Å². The highest BCUT2D eigenvalue weighted by Crippen LogP contribution is 2.36. The smallest absolute Gasteiger partial charge is 0.147 e. The minimum Gasteiger partial charge on any atom is -0.458 e. The van der Waals surface area contributed by atoms with E-state index in [4.69, 9.17) is 4.42 Å². The number of hydrogen-bond donors (Lipinski definition) is 1. The van der Waals surface area contributed by atoms with Crippen LogP contribution in [-0.4, -0.2) is 5.11 Å². The van der Waals surface area contributed by atoms with E-state index in [-0.39, 0.29) is 0 Å². The zero-order valence-electron chi connectivity index (χ0n) is 11.8. The summed E-state index contributed by atoms with van der Waals surface area (Å²) < 4.78 is 5.88. The molecular formula is C18H18O2. The third kappa shape index (κ3) is 2.02. The molecule has 2 heteroatoms. The molecule has 0 spiro atoms. The molecule has 1 atom stereocenters. The van der Waals surface area contributed by atoms with Crippen LogP contribution in [0, 0.1) is 6.92 Å². The molecule has 3 aromatic rings. The average molecular weight is 266 g/mol. The summed E-state index contributed by atoms with van der Waals surface area (Å²) in [6, 6.07) is 17.7. The van der Waals surface area contributed by atoms with Crippen molar-refractivity contribution >= 4 is 11.0 Å². The molecule has 1 N–H and O–H groups in total. The van der Waals surface area contributed by atoms with Gasteiger partial charge in [-0.1, -0.05) is 48.9 Å². The van der Waals surface area contributed by atoms with Gasteiger partial charge in [-0.05, 0) is 37.1 Å². The van der Waals surface area contributed by atoms with Crippen molar-refractivity contribution in [3.8, 4) is 0 Å². The molecule has 0 amide bonds. The van der Waals surface area contributed by atoms with Crippen LogP contribution >= 0.6 is 0 Å². The number of hydrogen-bond acceptors (Lipinski definition) is 2. The number of furan rings is 1. The van der Waals surface area contributed by atoms with Gasteiger partial charge in [0.05, 0.1) is 0 Å². The molecule has 3 rings (SSSR count). The summed E-state index contributed by atoms with van der Waals surface area (Å²) in [7, 11) is 0. The van der Waals surface area contributed by atoms with E-state index in [9.17, 15) is 5.11 Å². The van der Waals surface area contributed by atoms with E-state index in [2.05, 4.69) is 13.0 Å². The van der Waals surface area contributed by atoms with Crippen molar-refractivity contribution in [1.29, 1.82) is 0 Å². The number of aliphatic hydroxyl groups is 1. The SMILES string of the molecule is CCC(O)(c1ccccc1)c1cc2cc(C)ccc2o1. The van der Waals surface area contributed by atoms with Gasteiger partial charge in [0.1, 0.15) is 16.9 Å². The molecular weight excluding hydrogens is 248 g/mol. The van der Waals surface area contributed by atoms with Gasteiger partial charge in [-0.25, -0.2) is 0 Å². The Balaban J connectivity index is 2.16. The third-order valence-electron chi connectivity index (χ3n) is 3.84. The molecule has 20 heavy (non-hydrogen) atoms. The van der Waals surface area contributed by atoms with Crippen LogP contribution in [0.4, 0.5) is 0 Å². The average Bonchev–Trinajstić information content (AvgIpc) is 2.90. The quantitative estimate of drug-likeness (QED) is 0.762. The Morgan fingerprint density at radius 1 is 1.05 bits per heavy atom. The predicted octanol–water partition coefficient (Wildman–Crippen LogP) is 4.39. The molecule has 102 valence electrons. The lowest BCUT2D eigenvalue weighted by molar-refractivity contribution is 0.0544. The number of benzene rings is 2. The van der Waals surface area contributed by atoms with Crippen molar-refractivity contribution in [2.75, 3.05) is 0 Å². The first-order valence-corrected chi connectivity index (χ1v) is 6.92. The highest BCUT2D eigenvalue weighted by Gasteiger charge is 2.33. The highest BCUT2D eigenvalue weighted by atomic mass is 16.4. The standard InChI is InChI=1S/C18H18O2/c1-3-18(19,15-7-5-4-6-8-15)17-12-14-11-13(2)9-10-16(14)20-17/h4-12,19H,3H2,1-2H3. The summed E-state index contributed by atoms with van der Waals surface area (Å²) in [5.41, 5.74) is 1.78. The fourth-order valence-corrected chi connectivity index (χ4v) is 2.60. The summed E-state index contributed by atoms with van der Waals surface area (Å²) in [5.74, 6) is 0.604. The molecule has 0 saturated heterocycles. The topological polar surface area (TPSA) is 33.4 Å². The molecule has 0 aliphatic heterocycles. The molecule has 0 aliphatic carbocycles. The molecule has 1 heterocycles. The Morgan fingerprint density at radius 2 is 1.80 bits per heavy atom. The van der Waals surface area contributed by atoms with Crippen LogP contribution in [0.1, 0.15) is 30.2 Å². The fourth-order valence-electron chi connectivity index (χ4n) is 2.60. The first-order chi connectivity index (χ1) is 9.63. The highest BCUT2D eigenvalue weighted by molar-refractivity contribution is 5.79. The van der Waals surface area contributed by atoms with Gasteiger partial charge >= 0.3 is 0 Å². The van der Waals surface area contributed by atoms with Crippen molar-refractivity contribution in [3.63, 3.8) is 0 Å². The van der Waals surface area contributed by atoms with E-state index in [0.717, 1.165) is 16.5 Å². The number of aryl methyl sites for hydroxylation is 1. The molecule has 0 bridgehead atoms. The lowest BCUT2D eigenvalue weighted by Gasteiger charge is -2.24. The Kier molecular flexibility index (Phi) is 3.11. The lowest BCUT2D eigenvalue weighted by atomic mass is 9.88. The van der Waals surface area contributed by atoms with Gasteiger partial charge in [-0.2, -0.15) is 0 Å². The van der Waals surface area contributed by atoms with Gasteiger partial charge in [0.25, 0.3) is 0 Å². The maximum atomic E-state index is 11.0. The van der Waals surface area contributed by atoms with E-state index in [1.54, 1.807) is 0 Å². The molecule has 0 aliphatic rings. The zero-order chi connectivity index (χ0) is 14.2. The van der Waals surface area contributed by atoms with Gasteiger partial charge in [0.2, 0.25) is 0 Å². The lowest BCUT2D eigenvalue weighted by Crippen LogP contribution is -2.25. The Morgan fingerprint density at radius 3 is 2.50 bits per heavy atom. The zero-order valence-corrected chi connectivity index (χ0v) is 11.8. The van der Waals surface area contributed by atoms with Crippen LogP contribution < -0.4 is 0 Å². The maximum absolute atomic E-state index is 11.0. The Bertz CT molecular complexity index is 728. The summed E-state index contributed by atoms with van der Waals surface area (Å²) in [6.07, 6.45) is 0.565. The van der Waals surface area contributed by atoms with E-state index in [1.807, 2.05) is 55.5 Å². The molecule has 2 aromatic carbocycles. The van der Waals surface area contributed by atoms with Crippen LogP contribution in [-0.2, 0) is 5.60 Å². The van der Waals surface area contributed by atoms with E-state index in [0.29, 0.717) is 12.2 Å². The minimum absolute atomic E-state index is 0.565. The number of rotatable bonds is 3. The van der Waals surface area contributed by atoms with E-state index in [1.165, 1.54) is 5.56 Å². The van der Waals surface area contributed by atoms with Crippen LogP contribution in [0.5, 0.6) is 0 Å². The predicted molar refractivity (Wildman–Crippen MR) is 80.7 cm³/mol. The molecule has 0 saturated carbocycles. The first-order valence-electron chi connectivity index (χ1n) is 6.92. The van der Waals surface area contributed by atoms with Crippen LogP contribution in [0.25, 0.3) is 11.0 Å². The van der Waals surface area contributed by atoms with Crippen LogP contribution in [0.2, 0.25) is 0 Å². The monoisotopic (exact) mass is 266 g/mol. The van der Waals surface area contributed by atoms with Crippen molar-refractivity contribution in [1.82, 2.24) is 0 Å². The van der Waals surface area contributed by atoms with Gasteiger partial charge in [-0.15, -0.1) is 0 Å². The molecule has 0 radical (unpaired) electrons. The van der Waals surface area contributed by atoms with Crippen LogP contribution in [0.3, 0.4) is 0 Å². The van der Waals surface area contributed by atoms with Crippen molar-refractivity contribution < 1.29 is 9.52 Å². The molecule has 1 aromatic heterocycles. The molecule has 2 nitrogen and oxygen atoms in total. The van der Waals surface area contributed by atoms with Crippen molar-refractivity contribution in [2.24, 2.45) is 0 Å². The second-order valence-corrected chi connectivity index (χ2v) is 5.23. The molecule has 1 unspecified atom stereocenters. The van der Waals surface area contributed by atoms with Crippen LogP contribution in [0.15, 0.2) is 59.0 Å². The normalized spacial score (nSPS) is 14.3. The fraction of sp³-hybridized carbons (Fsp3) is 0.222. The van der Waals surface area contributed by atoms with Gasteiger partial charge < -0.3 is 9.52 Å². The molecule has 0 fully saturated rings. The Labute approximate surface area is 118 Å². The van der Waals surface area contributed by atoms with E-state index < -0.39 is 5.60 Å². The maximum Gasteiger partial charge on any atom is 0.147 e. The second-order valence-electron chi connectivity index (χ2n) is 5.23. The summed E-state index contributed by atoms with van der Waals surface area (Å²) in [6.45, 7) is 4.01. The van der Waals surface area contributed by atoms with Gasteiger partial charge in [0, 0.05) is 5.39 Å². The third-order valence-corrected chi connectivity index (χ3v) is 3.84. The largest absolute Gasteiger partial charge is 0.458 e. The summed E-state index contributed by atoms with van der Waals surface area (Å²) in [4.78, 5) is 0. The summed E-state index contributed by atoms with van der Waals surface area (Å²) in [5, 5.41) is 12.1.